The van der Waals surface area contributed by atoms with Crippen LogP contribution in [0.25, 0.3) is 11.0 Å². The highest BCUT2D eigenvalue weighted by atomic mass is 16.4. The van der Waals surface area contributed by atoms with Gasteiger partial charge in [0.05, 0.1) is 24.0 Å². The van der Waals surface area contributed by atoms with Gasteiger partial charge in [-0.05, 0) is 19.1 Å². The average Bonchev–Trinajstić information content (AvgIpc) is 2.87. The lowest BCUT2D eigenvalue weighted by Gasteiger charge is -2.17. The van der Waals surface area contributed by atoms with Gasteiger partial charge in [-0.15, -0.1) is 0 Å². The zero-order chi connectivity index (χ0) is 14.7. The standard InChI is InChI=1S/C13H15N3O4/c1-8(12(18)15-10(6-17)13(19)20)16-7-14-9-4-2-3-5-11(9)16/h2-5,7-8,10,17H,6H2,1H3,(H,15,18)(H,19,20)/t8?,10-/m1/s1. The van der Waals surface area contributed by atoms with Crippen LogP contribution in [-0.2, 0) is 9.59 Å². The van der Waals surface area contributed by atoms with Crippen LogP contribution in [0, 0.1) is 0 Å². The minimum atomic E-state index is -1.31. The molecule has 1 unspecified atom stereocenters. The molecule has 20 heavy (non-hydrogen) atoms. The second kappa shape index (κ2) is 5.70. The van der Waals surface area contributed by atoms with Crippen molar-refractivity contribution in [2.24, 2.45) is 0 Å². The molecule has 0 saturated heterocycles. The van der Waals surface area contributed by atoms with E-state index in [4.69, 9.17) is 10.2 Å². The van der Waals surface area contributed by atoms with Crippen molar-refractivity contribution in [3.05, 3.63) is 30.6 Å². The van der Waals surface area contributed by atoms with E-state index in [9.17, 15) is 9.59 Å². The van der Waals surface area contributed by atoms with E-state index in [0.29, 0.717) is 0 Å². The summed E-state index contributed by atoms with van der Waals surface area (Å²) >= 11 is 0. The van der Waals surface area contributed by atoms with E-state index in [-0.39, 0.29) is 0 Å². The number of carbonyl (C=O) groups excluding carboxylic acids is 1. The fraction of sp³-hybridized carbons (Fsp3) is 0.308. The van der Waals surface area contributed by atoms with Crippen LogP contribution in [0.1, 0.15) is 13.0 Å². The number of benzene rings is 1. The lowest BCUT2D eigenvalue weighted by Crippen LogP contribution is -2.45. The van der Waals surface area contributed by atoms with E-state index in [1.54, 1.807) is 11.5 Å². The van der Waals surface area contributed by atoms with Crippen LogP contribution in [0.5, 0.6) is 0 Å². The van der Waals surface area contributed by atoms with E-state index >= 15 is 0 Å². The number of hydrogen-bond acceptors (Lipinski definition) is 4. The van der Waals surface area contributed by atoms with E-state index in [0.717, 1.165) is 11.0 Å². The van der Waals surface area contributed by atoms with Crippen LogP contribution < -0.4 is 5.32 Å². The van der Waals surface area contributed by atoms with E-state index in [1.165, 1.54) is 6.33 Å². The maximum absolute atomic E-state index is 12.0. The van der Waals surface area contributed by atoms with Crippen LogP contribution in [0.3, 0.4) is 0 Å². The Morgan fingerprint density at radius 3 is 2.75 bits per heavy atom. The Hall–Kier alpha value is -2.41. The molecule has 3 N–H and O–H groups in total. The first-order chi connectivity index (χ1) is 9.54. The maximum Gasteiger partial charge on any atom is 0.328 e. The van der Waals surface area contributed by atoms with Gasteiger partial charge in [0.25, 0.3) is 0 Å². The minimum absolute atomic E-state index is 0.491. The van der Waals surface area contributed by atoms with Crippen LogP contribution in [-0.4, -0.2) is 44.3 Å². The molecule has 1 aromatic heterocycles. The summed E-state index contributed by atoms with van der Waals surface area (Å²) < 4.78 is 1.65. The first kappa shape index (κ1) is 14.0. The van der Waals surface area contributed by atoms with Crippen LogP contribution >= 0.6 is 0 Å². The van der Waals surface area contributed by atoms with Gasteiger partial charge in [-0.2, -0.15) is 0 Å². The normalized spacial score (nSPS) is 13.9. The SMILES string of the molecule is CC(C(=O)N[C@H](CO)C(=O)O)n1cnc2ccccc21. The zero-order valence-corrected chi connectivity index (χ0v) is 10.9. The molecule has 2 rings (SSSR count). The number of carboxylic acids is 1. The summed E-state index contributed by atoms with van der Waals surface area (Å²) in [5.74, 6) is -1.77. The molecular formula is C13H15N3O4. The van der Waals surface area contributed by atoms with Crippen molar-refractivity contribution >= 4 is 22.9 Å². The first-order valence-electron chi connectivity index (χ1n) is 6.10. The molecule has 106 valence electrons. The summed E-state index contributed by atoms with van der Waals surface area (Å²) in [5.41, 5.74) is 1.54. The van der Waals surface area contributed by atoms with Gasteiger partial charge < -0.3 is 20.1 Å². The molecule has 0 bridgehead atoms. The molecule has 1 heterocycles. The topological polar surface area (TPSA) is 104 Å². The quantitative estimate of drug-likeness (QED) is 0.722. The third-order valence-electron chi connectivity index (χ3n) is 3.07. The number of aliphatic hydroxyl groups is 1. The second-order valence-corrected chi connectivity index (χ2v) is 4.40. The maximum atomic E-state index is 12.0. The summed E-state index contributed by atoms with van der Waals surface area (Å²) in [4.78, 5) is 27.0. The Morgan fingerprint density at radius 1 is 1.40 bits per heavy atom. The lowest BCUT2D eigenvalue weighted by molar-refractivity contribution is -0.143. The van der Waals surface area contributed by atoms with Gasteiger partial charge in [-0.1, -0.05) is 12.1 Å². The fourth-order valence-electron chi connectivity index (χ4n) is 1.89. The summed E-state index contributed by atoms with van der Waals surface area (Å²) in [6.07, 6.45) is 1.53. The van der Waals surface area contributed by atoms with E-state index in [2.05, 4.69) is 10.3 Å². The number of rotatable bonds is 5. The number of carbonyl (C=O) groups is 2. The molecule has 7 heteroatoms. The summed E-state index contributed by atoms with van der Waals surface area (Å²) in [7, 11) is 0. The number of aromatic nitrogens is 2. The van der Waals surface area contributed by atoms with Crippen molar-refractivity contribution in [1.29, 1.82) is 0 Å². The number of aliphatic hydroxyl groups excluding tert-OH is 1. The Labute approximate surface area is 114 Å². The van der Waals surface area contributed by atoms with Crippen molar-refractivity contribution < 1.29 is 19.8 Å². The van der Waals surface area contributed by atoms with E-state index < -0.39 is 30.6 Å². The first-order valence-corrected chi connectivity index (χ1v) is 6.10. The number of imidazole rings is 1. The third-order valence-corrected chi connectivity index (χ3v) is 3.07. The number of aliphatic carboxylic acids is 1. The van der Waals surface area contributed by atoms with Gasteiger partial charge in [0.1, 0.15) is 12.1 Å². The van der Waals surface area contributed by atoms with Crippen molar-refractivity contribution in [3.63, 3.8) is 0 Å². The average molecular weight is 277 g/mol. The Balaban J connectivity index is 2.20. The van der Waals surface area contributed by atoms with Crippen LogP contribution in [0.4, 0.5) is 0 Å². The molecule has 2 atom stereocenters. The highest BCUT2D eigenvalue weighted by molar-refractivity contribution is 5.87. The van der Waals surface area contributed by atoms with Crippen LogP contribution in [0.2, 0.25) is 0 Å². The monoisotopic (exact) mass is 277 g/mol. The molecule has 0 aliphatic heterocycles. The number of para-hydroxylation sites is 2. The fourth-order valence-corrected chi connectivity index (χ4v) is 1.89. The van der Waals surface area contributed by atoms with Crippen molar-refractivity contribution in [3.8, 4) is 0 Å². The molecule has 0 aliphatic rings. The number of amides is 1. The highest BCUT2D eigenvalue weighted by Crippen LogP contribution is 2.17. The van der Waals surface area contributed by atoms with Gasteiger partial charge in [0, 0.05) is 0 Å². The molecular weight excluding hydrogens is 262 g/mol. The van der Waals surface area contributed by atoms with Gasteiger partial charge in [-0.25, -0.2) is 9.78 Å². The molecule has 1 aromatic carbocycles. The Bertz CT molecular complexity index is 637. The molecule has 2 aromatic rings. The molecule has 7 nitrogen and oxygen atoms in total. The van der Waals surface area contributed by atoms with Crippen molar-refractivity contribution in [2.45, 2.75) is 19.0 Å². The van der Waals surface area contributed by atoms with Crippen molar-refractivity contribution in [2.75, 3.05) is 6.61 Å². The molecule has 0 fully saturated rings. The lowest BCUT2D eigenvalue weighted by atomic mass is 10.2. The van der Waals surface area contributed by atoms with Gasteiger partial charge in [0.15, 0.2) is 0 Å². The van der Waals surface area contributed by atoms with Gasteiger partial charge in [-0.3, -0.25) is 4.79 Å². The highest BCUT2D eigenvalue weighted by Gasteiger charge is 2.23. The Kier molecular flexibility index (Phi) is 3.99. The number of carboxylic acid groups (broad SMARTS) is 1. The molecule has 0 aliphatic carbocycles. The molecule has 0 radical (unpaired) electrons. The Morgan fingerprint density at radius 2 is 2.10 bits per heavy atom. The van der Waals surface area contributed by atoms with Crippen molar-refractivity contribution in [1.82, 2.24) is 14.9 Å². The number of fused-ring (bicyclic) bond motifs is 1. The molecule has 1 amide bonds. The predicted octanol–water partition coefficient (Wildman–Crippen LogP) is 0.159. The molecule has 0 spiro atoms. The predicted molar refractivity (Wildman–Crippen MR) is 71.1 cm³/mol. The molecule has 0 saturated carbocycles. The number of hydrogen-bond donors (Lipinski definition) is 3. The summed E-state index contributed by atoms with van der Waals surface area (Å²) in [6, 6.07) is 5.39. The van der Waals surface area contributed by atoms with E-state index in [1.807, 2.05) is 24.3 Å². The van der Waals surface area contributed by atoms with Gasteiger partial charge in [0.2, 0.25) is 5.91 Å². The number of nitrogens with one attached hydrogen (secondary N) is 1. The largest absolute Gasteiger partial charge is 0.480 e. The third kappa shape index (κ3) is 2.62. The zero-order valence-electron chi connectivity index (χ0n) is 10.9. The summed E-state index contributed by atoms with van der Waals surface area (Å²) in [6.45, 7) is 0.984. The second-order valence-electron chi connectivity index (χ2n) is 4.40. The minimum Gasteiger partial charge on any atom is -0.480 e. The smallest absolute Gasteiger partial charge is 0.328 e. The van der Waals surface area contributed by atoms with Gasteiger partial charge >= 0.3 is 5.97 Å². The summed E-state index contributed by atoms with van der Waals surface area (Å²) in [5, 5.41) is 20.0. The number of nitrogens with zero attached hydrogens (tertiary/aromatic N) is 2. The van der Waals surface area contributed by atoms with Crippen LogP contribution in [0.15, 0.2) is 30.6 Å².